The molecule has 112 valence electrons. The van der Waals surface area contributed by atoms with Crippen molar-refractivity contribution in [1.29, 1.82) is 0 Å². The molecule has 0 atom stereocenters. The second-order valence-electron chi connectivity index (χ2n) is 5.63. The van der Waals surface area contributed by atoms with Crippen LogP contribution in [0.1, 0.15) is 11.3 Å². The number of rotatable bonds is 4. The van der Waals surface area contributed by atoms with Crippen molar-refractivity contribution >= 4 is 5.82 Å². The molecule has 1 aliphatic rings. The lowest BCUT2D eigenvalue weighted by molar-refractivity contribution is 0.244. The van der Waals surface area contributed by atoms with Gasteiger partial charge in [0.1, 0.15) is 12.1 Å². The van der Waals surface area contributed by atoms with Crippen molar-refractivity contribution in [3.8, 4) is 0 Å². The number of hydrogen-bond donors (Lipinski definition) is 0. The van der Waals surface area contributed by atoms with Crippen LogP contribution >= 0.6 is 0 Å². The minimum absolute atomic E-state index is 0.959. The molecule has 1 saturated heterocycles. The molecule has 3 rings (SSSR count). The molecule has 0 saturated carbocycles. The molecule has 0 bridgehead atoms. The molecule has 0 aromatic carbocycles. The van der Waals surface area contributed by atoms with E-state index < -0.39 is 0 Å². The van der Waals surface area contributed by atoms with Crippen molar-refractivity contribution in [1.82, 2.24) is 24.6 Å². The van der Waals surface area contributed by atoms with Gasteiger partial charge in [0.25, 0.3) is 0 Å². The smallest absolute Gasteiger partial charge is 0.132 e. The van der Waals surface area contributed by atoms with E-state index in [0.717, 1.165) is 50.8 Å². The van der Waals surface area contributed by atoms with E-state index in [9.17, 15) is 0 Å². The zero-order valence-electron chi connectivity index (χ0n) is 12.7. The molecule has 0 N–H and O–H groups in total. The Morgan fingerprint density at radius 1 is 1.05 bits per heavy atom. The third-order valence-corrected chi connectivity index (χ3v) is 3.89. The average molecular weight is 286 g/mol. The van der Waals surface area contributed by atoms with E-state index in [0.29, 0.717) is 0 Å². The van der Waals surface area contributed by atoms with Gasteiger partial charge in [-0.2, -0.15) is 5.10 Å². The number of aryl methyl sites for hydroxylation is 2. The summed E-state index contributed by atoms with van der Waals surface area (Å²) in [5.41, 5.74) is 2.25. The van der Waals surface area contributed by atoms with Crippen molar-refractivity contribution in [2.24, 2.45) is 0 Å². The molecule has 6 heteroatoms. The highest BCUT2D eigenvalue weighted by Crippen LogP contribution is 2.13. The highest BCUT2D eigenvalue weighted by Gasteiger charge is 2.17. The van der Waals surface area contributed by atoms with E-state index in [1.807, 2.05) is 17.8 Å². The largest absolute Gasteiger partial charge is 0.354 e. The zero-order chi connectivity index (χ0) is 14.7. The third-order valence-electron chi connectivity index (χ3n) is 3.89. The number of piperazine rings is 1. The van der Waals surface area contributed by atoms with E-state index in [-0.39, 0.29) is 0 Å². The fourth-order valence-corrected chi connectivity index (χ4v) is 2.65. The molecule has 0 radical (unpaired) electrons. The van der Waals surface area contributed by atoms with Gasteiger partial charge in [0.15, 0.2) is 0 Å². The van der Waals surface area contributed by atoms with Gasteiger partial charge in [0.2, 0.25) is 0 Å². The monoisotopic (exact) mass is 286 g/mol. The number of hydrogen-bond acceptors (Lipinski definition) is 5. The first kappa shape index (κ1) is 14.0. The molecular formula is C15H22N6. The summed E-state index contributed by atoms with van der Waals surface area (Å²) in [4.78, 5) is 13.3. The molecule has 1 aliphatic heterocycles. The fraction of sp³-hybridized carbons (Fsp3) is 0.533. The molecule has 2 aromatic heterocycles. The molecular weight excluding hydrogens is 264 g/mol. The molecule has 1 fully saturated rings. The maximum Gasteiger partial charge on any atom is 0.132 e. The lowest BCUT2D eigenvalue weighted by Gasteiger charge is -2.35. The first-order valence-electron chi connectivity index (χ1n) is 7.46. The topological polar surface area (TPSA) is 50.1 Å². The van der Waals surface area contributed by atoms with Crippen LogP contribution in [0.4, 0.5) is 5.82 Å². The number of aromatic nitrogens is 4. The summed E-state index contributed by atoms with van der Waals surface area (Å²) < 4.78 is 2.02. The summed E-state index contributed by atoms with van der Waals surface area (Å²) >= 11 is 0. The Bertz CT molecular complexity index is 585. The quantitative estimate of drug-likeness (QED) is 0.843. The van der Waals surface area contributed by atoms with Gasteiger partial charge in [0.05, 0.1) is 12.7 Å². The van der Waals surface area contributed by atoms with Crippen molar-refractivity contribution in [3.63, 3.8) is 0 Å². The maximum absolute atomic E-state index is 4.37. The summed E-state index contributed by atoms with van der Waals surface area (Å²) in [7, 11) is 0. The van der Waals surface area contributed by atoms with E-state index in [1.54, 1.807) is 6.33 Å². The summed E-state index contributed by atoms with van der Waals surface area (Å²) in [5, 5.41) is 4.34. The Hall–Kier alpha value is -1.95. The summed E-state index contributed by atoms with van der Waals surface area (Å²) in [6.07, 6.45) is 5.66. The predicted octanol–water partition coefficient (Wildman–Crippen LogP) is 1.11. The van der Waals surface area contributed by atoms with Crippen LogP contribution in [0, 0.1) is 13.8 Å². The number of nitrogens with zero attached hydrogens (tertiary/aromatic N) is 6. The summed E-state index contributed by atoms with van der Waals surface area (Å²) in [6.45, 7) is 10.3. The molecule has 0 amide bonds. The normalized spacial score (nSPS) is 16.4. The Morgan fingerprint density at radius 2 is 1.86 bits per heavy atom. The van der Waals surface area contributed by atoms with Crippen LogP contribution in [0.15, 0.2) is 24.8 Å². The Morgan fingerprint density at radius 3 is 2.52 bits per heavy atom. The van der Waals surface area contributed by atoms with Gasteiger partial charge in [-0.05, 0) is 19.4 Å². The molecule has 2 aromatic rings. The summed E-state index contributed by atoms with van der Waals surface area (Å²) in [6, 6.07) is 2.06. The zero-order valence-corrected chi connectivity index (χ0v) is 12.7. The Labute approximate surface area is 125 Å². The minimum Gasteiger partial charge on any atom is -0.354 e. The Balaban J connectivity index is 1.49. The van der Waals surface area contributed by atoms with E-state index in [2.05, 4.69) is 44.1 Å². The van der Waals surface area contributed by atoms with Crippen LogP contribution in [-0.2, 0) is 6.54 Å². The van der Waals surface area contributed by atoms with Gasteiger partial charge >= 0.3 is 0 Å². The predicted molar refractivity (Wildman–Crippen MR) is 82.4 cm³/mol. The first-order valence-corrected chi connectivity index (χ1v) is 7.46. The van der Waals surface area contributed by atoms with Crippen LogP contribution in [0.2, 0.25) is 0 Å². The average Bonchev–Trinajstić information content (AvgIpc) is 2.91. The third kappa shape index (κ3) is 3.58. The molecule has 3 heterocycles. The standard InChI is InChI=1S/C15H22N6/c1-13-10-18-21(11-13)8-5-19-3-6-20(7-4-19)15-9-14(2)16-12-17-15/h9-12H,3-8H2,1-2H3. The lowest BCUT2D eigenvalue weighted by Crippen LogP contribution is -2.47. The van der Waals surface area contributed by atoms with E-state index >= 15 is 0 Å². The van der Waals surface area contributed by atoms with Crippen LogP contribution < -0.4 is 4.90 Å². The van der Waals surface area contributed by atoms with Gasteiger partial charge < -0.3 is 4.90 Å². The SMILES string of the molecule is Cc1cnn(CCN2CCN(c3cc(C)ncn3)CC2)c1. The van der Waals surface area contributed by atoms with Crippen molar-refractivity contribution in [3.05, 3.63) is 36.0 Å². The van der Waals surface area contributed by atoms with E-state index in [4.69, 9.17) is 0 Å². The van der Waals surface area contributed by atoms with Gasteiger partial charge in [-0.25, -0.2) is 9.97 Å². The highest BCUT2D eigenvalue weighted by atomic mass is 15.3. The maximum atomic E-state index is 4.37. The fourth-order valence-electron chi connectivity index (χ4n) is 2.65. The molecule has 6 nitrogen and oxygen atoms in total. The number of anilines is 1. The lowest BCUT2D eigenvalue weighted by atomic mass is 10.3. The van der Waals surface area contributed by atoms with Crippen molar-refractivity contribution in [2.75, 3.05) is 37.6 Å². The van der Waals surface area contributed by atoms with Crippen LogP contribution in [0.3, 0.4) is 0 Å². The molecule has 0 spiro atoms. The highest BCUT2D eigenvalue weighted by molar-refractivity contribution is 5.39. The summed E-state index contributed by atoms with van der Waals surface area (Å²) in [5.74, 6) is 1.05. The van der Waals surface area contributed by atoms with Gasteiger partial charge in [0, 0.05) is 50.7 Å². The van der Waals surface area contributed by atoms with Crippen molar-refractivity contribution in [2.45, 2.75) is 20.4 Å². The van der Waals surface area contributed by atoms with Gasteiger partial charge in [-0.15, -0.1) is 0 Å². The van der Waals surface area contributed by atoms with Crippen LogP contribution in [0.5, 0.6) is 0 Å². The van der Waals surface area contributed by atoms with E-state index in [1.165, 1.54) is 5.56 Å². The van der Waals surface area contributed by atoms with Crippen LogP contribution in [-0.4, -0.2) is 57.4 Å². The second kappa shape index (κ2) is 6.22. The molecule has 0 unspecified atom stereocenters. The second-order valence-corrected chi connectivity index (χ2v) is 5.63. The molecule has 0 aliphatic carbocycles. The van der Waals surface area contributed by atoms with Crippen molar-refractivity contribution < 1.29 is 0 Å². The van der Waals surface area contributed by atoms with Gasteiger partial charge in [-0.1, -0.05) is 0 Å². The molecule has 21 heavy (non-hydrogen) atoms. The Kier molecular flexibility index (Phi) is 4.15. The first-order chi connectivity index (χ1) is 10.2. The van der Waals surface area contributed by atoms with Gasteiger partial charge in [-0.3, -0.25) is 9.58 Å². The minimum atomic E-state index is 0.959. The van der Waals surface area contributed by atoms with Crippen LogP contribution in [0.25, 0.3) is 0 Å².